The van der Waals surface area contributed by atoms with Crippen LogP contribution in [0.1, 0.15) is 36.5 Å². The summed E-state index contributed by atoms with van der Waals surface area (Å²) in [5.41, 5.74) is 4.12. The Morgan fingerprint density at radius 3 is 2.65 bits per heavy atom. The number of nitrogens with one attached hydrogen (secondary N) is 1. The molecule has 0 unspecified atom stereocenters. The standard InChI is InChI=1S/C17H29N3/c1-6-7-12-20(5)17(18-4)19-11-10-16-9-8-14(2)13-15(16)3/h8-9,13H,6-7,10-12H2,1-5H3,(H,18,19). The third kappa shape index (κ3) is 5.24. The van der Waals surface area contributed by atoms with E-state index in [1.165, 1.54) is 29.5 Å². The molecule has 0 heterocycles. The van der Waals surface area contributed by atoms with Crippen LogP contribution in [0.5, 0.6) is 0 Å². The minimum atomic E-state index is 0.924. The Labute approximate surface area is 124 Å². The van der Waals surface area contributed by atoms with Crippen LogP contribution in [-0.2, 0) is 6.42 Å². The largest absolute Gasteiger partial charge is 0.356 e. The molecule has 3 heteroatoms. The van der Waals surface area contributed by atoms with Crippen LogP contribution in [0.15, 0.2) is 23.2 Å². The fourth-order valence-electron chi connectivity index (χ4n) is 2.32. The van der Waals surface area contributed by atoms with Crippen molar-refractivity contribution in [3.05, 3.63) is 34.9 Å². The molecule has 0 fully saturated rings. The summed E-state index contributed by atoms with van der Waals surface area (Å²) in [5, 5.41) is 3.44. The molecule has 0 saturated heterocycles. The number of guanidine groups is 1. The first-order chi connectivity index (χ1) is 9.58. The molecular formula is C17H29N3. The van der Waals surface area contributed by atoms with E-state index in [1.807, 2.05) is 7.05 Å². The lowest BCUT2D eigenvalue weighted by Gasteiger charge is -2.22. The monoisotopic (exact) mass is 275 g/mol. The van der Waals surface area contributed by atoms with Crippen LogP contribution in [0, 0.1) is 13.8 Å². The first-order valence-corrected chi connectivity index (χ1v) is 7.56. The van der Waals surface area contributed by atoms with Crippen molar-refractivity contribution in [1.29, 1.82) is 0 Å². The molecule has 0 aliphatic heterocycles. The molecule has 1 N–H and O–H groups in total. The van der Waals surface area contributed by atoms with Gasteiger partial charge in [-0.3, -0.25) is 4.99 Å². The number of hydrogen-bond acceptors (Lipinski definition) is 1. The van der Waals surface area contributed by atoms with Crippen LogP contribution >= 0.6 is 0 Å². The molecule has 0 bridgehead atoms. The first kappa shape index (κ1) is 16.5. The number of hydrogen-bond donors (Lipinski definition) is 1. The maximum atomic E-state index is 4.34. The molecule has 0 aliphatic rings. The smallest absolute Gasteiger partial charge is 0.193 e. The van der Waals surface area contributed by atoms with Gasteiger partial charge in [0.25, 0.3) is 0 Å². The lowest BCUT2D eigenvalue weighted by Crippen LogP contribution is -2.40. The summed E-state index contributed by atoms with van der Waals surface area (Å²) in [6.07, 6.45) is 3.45. The number of unbranched alkanes of at least 4 members (excludes halogenated alkanes) is 1. The Morgan fingerprint density at radius 2 is 2.05 bits per heavy atom. The lowest BCUT2D eigenvalue weighted by atomic mass is 10.0. The minimum absolute atomic E-state index is 0.924. The van der Waals surface area contributed by atoms with Crippen molar-refractivity contribution in [3.63, 3.8) is 0 Å². The molecule has 0 aliphatic carbocycles. The topological polar surface area (TPSA) is 27.6 Å². The number of rotatable bonds is 6. The highest BCUT2D eigenvalue weighted by Crippen LogP contribution is 2.10. The van der Waals surface area contributed by atoms with Crippen LogP contribution in [-0.4, -0.2) is 38.0 Å². The molecule has 20 heavy (non-hydrogen) atoms. The van der Waals surface area contributed by atoms with E-state index < -0.39 is 0 Å². The maximum absolute atomic E-state index is 4.34. The van der Waals surface area contributed by atoms with Crippen LogP contribution in [0.3, 0.4) is 0 Å². The van der Waals surface area contributed by atoms with Crippen LogP contribution in [0.2, 0.25) is 0 Å². The van der Waals surface area contributed by atoms with Crippen molar-refractivity contribution < 1.29 is 0 Å². The molecule has 0 spiro atoms. The summed E-state index contributed by atoms with van der Waals surface area (Å²) >= 11 is 0. The van der Waals surface area contributed by atoms with Gasteiger partial charge in [-0.15, -0.1) is 0 Å². The van der Waals surface area contributed by atoms with E-state index in [1.54, 1.807) is 0 Å². The molecule has 0 radical (unpaired) electrons. The van der Waals surface area contributed by atoms with Gasteiger partial charge < -0.3 is 10.2 Å². The van der Waals surface area contributed by atoms with Gasteiger partial charge in [-0.2, -0.15) is 0 Å². The highest BCUT2D eigenvalue weighted by atomic mass is 15.3. The molecule has 0 saturated carbocycles. The van der Waals surface area contributed by atoms with Gasteiger partial charge in [0, 0.05) is 27.2 Å². The number of aliphatic imine (C=N–C) groups is 1. The highest BCUT2D eigenvalue weighted by Gasteiger charge is 2.05. The van der Waals surface area contributed by atoms with E-state index in [4.69, 9.17) is 0 Å². The average molecular weight is 275 g/mol. The molecule has 0 aromatic heterocycles. The number of nitrogens with zero attached hydrogens (tertiary/aromatic N) is 2. The van der Waals surface area contributed by atoms with Gasteiger partial charge in [0.15, 0.2) is 5.96 Å². The molecule has 0 atom stereocenters. The van der Waals surface area contributed by atoms with Crippen LogP contribution in [0.25, 0.3) is 0 Å². The van der Waals surface area contributed by atoms with E-state index in [0.717, 1.165) is 25.5 Å². The van der Waals surface area contributed by atoms with Crippen LogP contribution < -0.4 is 5.32 Å². The number of aryl methyl sites for hydroxylation is 2. The maximum Gasteiger partial charge on any atom is 0.193 e. The van der Waals surface area contributed by atoms with E-state index in [2.05, 4.69) is 61.2 Å². The summed E-state index contributed by atoms with van der Waals surface area (Å²) in [7, 11) is 3.95. The first-order valence-electron chi connectivity index (χ1n) is 7.56. The zero-order valence-electron chi connectivity index (χ0n) is 13.7. The Bertz CT molecular complexity index is 438. The number of benzene rings is 1. The minimum Gasteiger partial charge on any atom is -0.356 e. The molecular weight excluding hydrogens is 246 g/mol. The van der Waals surface area contributed by atoms with Crippen molar-refractivity contribution in [2.45, 2.75) is 40.0 Å². The molecule has 1 aromatic rings. The molecule has 112 valence electrons. The zero-order valence-corrected chi connectivity index (χ0v) is 13.7. The predicted octanol–water partition coefficient (Wildman–Crippen LogP) is 3.15. The normalized spacial score (nSPS) is 11.6. The molecule has 0 amide bonds. The Kier molecular flexibility index (Phi) is 7.13. The summed E-state index contributed by atoms with van der Waals surface area (Å²) in [4.78, 5) is 6.54. The fourth-order valence-corrected chi connectivity index (χ4v) is 2.32. The predicted molar refractivity (Wildman–Crippen MR) is 88.5 cm³/mol. The van der Waals surface area contributed by atoms with Gasteiger partial charge in [0.05, 0.1) is 0 Å². The van der Waals surface area contributed by atoms with Crippen molar-refractivity contribution in [1.82, 2.24) is 10.2 Å². The van der Waals surface area contributed by atoms with Gasteiger partial charge in [0.2, 0.25) is 0 Å². The SMILES string of the molecule is CCCCN(C)C(=NC)NCCc1ccc(C)cc1C. The quantitative estimate of drug-likeness (QED) is 0.638. The Morgan fingerprint density at radius 1 is 1.30 bits per heavy atom. The second-order valence-corrected chi connectivity index (χ2v) is 5.43. The lowest BCUT2D eigenvalue weighted by molar-refractivity contribution is 0.465. The highest BCUT2D eigenvalue weighted by molar-refractivity contribution is 5.79. The van der Waals surface area contributed by atoms with Gasteiger partial charge >= 0.3 is 0 Å². The average Bonchev–Trinajstić information content (AvgIpc) is 2.43. The Hall–Kier alpha value is -1.51. The Balaban J connectivity index is 2.45. The van der Waals surface area contributed by atoms with E-state index in [0.29, 0.717) is 0 Å². The van der Waals surface area contributed by atoms with Crippen LogP contribution in [0.4, 0.5) is 0 Å². The van der Waals surface area contributed by atoms with Crippen molar-refractivity contribution >= 4 is 5.96 Å². The zero-order chi connectivity index (χ0) is 15.0. The second kappa shape index (κ2) is 8.62. The van der Waals surface area contributed by atoms with E-state index in [-0.39, 0.29) is 0 Å². The summed E-state index contributed by atoms with van der Waals surface area (Å²) < 4.78 is 0. The van der Waals surface area contributed by atoms with Crippen molar-refractivity contribution in [2.24, 2.45) is 4.99 Å². The van der Waals surface area contributed by atoms with Crippen molar-refractivity contribution in [2.75, 3.05) is 27.2 Å². The second-order valence-electron chi connectivity index (χ2n) is 5.43. The summed E-state index contributed by atoms with van der Waals surface area (Å²) in [6, 6.07) is 6.66. The third-order valence-electron chi connectivity index (χ3n) is 3.60. The third-order valence-corrected chi connectivity index (χ3v) is 3.60. The van der Waals surface area contributed by atoms with E-state index in [9.17, 15) is 0 Å². The summed E-state index contributed by atoms with van der Waals surface area (Å²) in [5.74, 6) is 0.989. The van der Waals surface area contributed by atoms with Gasteiger partial charge in [-0.05, 0) is 37.8 Å². The summed E-state index contributed by atoms with van der Waals surface area (Å²) in [6.45, 7) is 8.51. The molecule has 1 aromatic carbocycles. The van der Waals surface area contributed by atoms with Gasteiger partial charge in [0.1, 0.15) is 0 Å². The fraction of sp³-hybridized carbons (Fsp3) is 0.588. The molecule has 1 rings (SSSR count). The van der Waals surface area contributed by atoms with Gasteiger partial charge in [-0.25, -0.2) is 0 Å². The molecule has 3 nitrogen and oxygen atoms in total. The van der Waals surface area contributed by atoms with E-state index >= 15 is 0 Å². The van der Waals surface area contributed by atoms with Gasteiger partial charge in [-0.1, -0.05) is 37.1 Å². The van der Waals surface area contributed by atoms with Crippen molar-refractivity contribution in [3.8, 4) is 0 Å².